The summed E-state index contributed by atoms with van der Waals surface area (Å²) in [5.74, 6) is -0.211. The van der Waals surface area contributed by atoms with Gasteiger partial charge in [0.2, 0.25) is 0 Å². The molecule has 0 bridgehead atoms. The van der Waals surface area contributed by atoms with Gasteiger partial charge in [-0.2, -0.15) is 0 Å². The number of ether oxygens (including phenoxy) is 1. The SMILES string of the molecule is C[C@@H]1[C@H](C)CCC[C@H]1NC(=O)[C@@H](C)OC(=O)/C=C/c1ccc(F)cc1. The number of hydrogen-bond donors (Lipinski definition) is 1. The Balaban J connectivity index is 1.83. The van der Waals surface area contributed by atoms with Crippen molar-refractivity contribution in [3.05, 3.63) is 41.7 Å². The van der Waals surface area contributed by atoms with Crippen LogP contribution < -0.4 is 5.32 Å². The highest BCUT2D eigenvalue weighted by atomic mass is 19.1. The second kappa shape index (κ2) is 8.79. The number of amides is 1. The minimum atomic E-state index is -0.852. The summed E-state index contributed by atoms with van der Waals surface area (Å²) in [7, 11) is 0. The fourth-order valence-electron chi connectivity index (χ4n) is 3.09. The highest BCUT2D eigenvalue weighted by Crippen LogP contribution is 2.29. The molecule has 4 nitrogen and oxygen atoms in total. The van der Waals surface area contributed by atoms with Gasteiger partial charge in [-0.15, -0.1) is 0 Å². The van der Waals surface area contributed by atoms with Gasteiger partial charge in [0.05, 0.1) is 0 Å². The molecule has 0 heterocycles. The van der Waals surface area contributed by atoms with E-state index in [9.17, 15) is 14.0 Å². The van der Waals surface area contributed by atoms with Crippen molar-refractivity contribution in [1.29, 1.82) is 0 Å². The van der Waals surface area contributed by atoms with E-state index < -0.39 is 12.1 Å². The first-order valence-electron chi connectivity index (χ1n) is 8.81. The molecule has 0 aliphatic heterocycles. The third kappa shape index (κ3) is 5.69. The number of carbonyl (C=O) groups excluding carboxylic acids is 2. The molecule has 0 saturated heterocycles. The summed E-state index contributed by atoms with van der Waals surface area (Å²) >= 11 is 0. The Hall–Kier alpha value is -2.17. The zero-order valence-electron chi connectivity index (χ0n) is 15.0. The molecule has 0 radical (unpaired) electrons. The first-order chi connectivity index (χ1) is 11.9. The number of benzene rings is 1. The van der Waals surface area contributed by atoms with Gasteiger partial charge in [-0.05, 0) is 49.0 Å². The lowest BCUT2D eigenvalue weighted by molar-refractivity contribution is -0.150. The topological polar surface area (TPSA) is 55.4 Å². The fourth-order valence-corrected chi connectivity index (χ4v) is 3.09. The Labute approximate surface area is 148 Å². The monoisotopic (exact) mass is 347 g/mol. The van der Waals surface area contributed by atoms with E-state index >= 15 is 0 Å². The molecular weight excluding hydrogens is 321 g/mol. The molecule has 2 rings (SSSR count). The summed E-state index contributed by atoms with van der Waals surface area (Å²) in [6, 6.07) is 5.87. The highest BCUT2D eigenvalue weighted by Gasteiger charge is 2.29. The molecule has 5 heteroatoms. The molecule has 1 aliphatic carbocycles. The van der Waals surface area contributed by atoms with Gasteiger partial charge >= 0.3 is 5.97 Å². The second-order valence-electron chi connectivity index (χ2n) is 6.85. The molecule has 1 amide bonds. The summed E-state index contributed by atoms with van der Waals surface area (Å²) < 4.78 is 18.0. The maximum atomic E-state index is 12.8. The maximum absolute atomic E-state index is 12.8. The Bertz CT molecular complexity index is 626. The van der Waals surface area contributed by atoms with Gasteiger partial charge in [-0.3, -0.25) is 4.79 Å². The first-order valence-corrected chi connectivity index (χ1v) is 8.81. The number of rotatable bonds is 5. The number of carbonyl (C=O) groups is 2. The van der Waals surface area contributed by atoms with Crippen LogP contribution in [0.25, 0.3) is 6.08 Å². The Morgan fingerprint density at radius 3 is 2.60 bits per heavy atom. The van der Waals surface area contributed by atoms with Crippen molar-refractivity contribution in [3.8, 4) is 0 Å². The average molecular weight is 347 g/mol. The van der Waals surface area contributed by atoms with Crippen molar-refractivity contribution in [3.63, 3.8) is 0 Å². The molecule has 0 spiro atoms. The van der Waals surface area contributed by atoms with Gasteiger partial charge in [0.25, 0.3) is 5.91 Å². The van der Waals surface area contributed by atoms with E-state index in [0.717, 1.165) is 12.8 Å². The summed E-state index contributed by atoms with van der Waals surface area (Å²) in [6.07, 6.45) is 5.16. The number of esters is 1. The van der Waals surface area contributed by atoms with Crippen molar-refractivity contribution in [2.24, 2.45) is 11.8 Å². The quantitative estimate of drug-likeness (QED) is 0.652. The Morgan fingerprint density at radius 2 is 1.92 bits per heavy atom. The van der Waals surface area contributed by atoms with Crippen molar-refractivity contribution in [2.75, 3.05) is 0 Å². The fraction of sp³-hybridized carbons (Fsp3) is 0.500. The van der Waals surface area contributed by atoms with Crippen LogP contribution >= 0.6 is 0 Å². The zero-order chi connectivity index (χ0) is 18.4. The zero-order valence-corrected chi connectivity index (χ0v) is 15.0. The third-order valence-corrected chi connectivity index (χ3v) is 4.98. The van der Waals surface area contributed by atoms with Crippen LogP contribution in [0.3, 0.4) is 0 Å². The molecule has 4 atom stereocenters. The molecule has 1 aromatic carbocycles. The molecule has 0 unspecified atom stereocenters. The second-order valence-corrected chi connectivity index (χ2v) is 6.85. The molecule has 136 valence electrons. The molecule has 0 aromatic heterocycles. The smallest absolute Gasteiger partial charge is 0.331 e. The van der Waals surface area contributed by atoms with E-state index in [4.69, 9.17) is 4.74 Å². The summed E-state index contributed by atoms with van der Waals surface area (Å²) in [6.45, 7) is 5.92. The molecule has 1 N–H and O–H groups in total. The molecular formula is C20H26FNO3. The van der Waals surface area contributed by atoms with E-state index in [0.29, 0.717) is 17.4 Å². The van der Waals surface area contributed by atoms with Crippen LogP contribution in [-0.4, -0.2) is 24.0 Å². The minimum absolute atomic E-state index is 0.132. The Kier molecular flexibility index (Phi) is 6.73. The van der Waals surface area contributed by atoms with Crippen LogP contribution in [0, 0.1) is 17.7 Å². The highest BCUT2D eigenvalue weighted by molar-refractivity contribution is 5.90. The normalized spacial score (nSPS) is 24.7. The number of nitrogens with one attached hydrogen (secondary N) is 1. The molecule has 1 fully saturated rings. The van der Waals surface area contributed by atoms with E-state index in [2.05, 4.69) is 19.2 Å². The number of hydrogen-bond acceptors (Lipinski definition) is 3. The van der Waals surface area contributed by atoms with Crippen molar-refractivity contribution < 1.29 is 18.7 Å². The standard InChI is InChI=1S/C20H26FNO3/c1-13-5-4-6-18(14(13)2)22-20(24)15(3)25-19(23)12-9-16-7-10-17(21)11-8-16/h7-15,18H,4-6H2,1-3H3,(H,22,24)/b12-9+/t13-,14-,15-,18-/m1/s1. The van der Waals surface area contributed by atoms with Gasteiger partial charge in [-0.25, -0.2) is 9.18 Å². The van der Waals surface area contributed by atoms with Crippen molar-refractivity contribution in [2.45, 2.75) is 52.2 Å². The van der Waals surface area contributed by atoms with E-state index in [1.165, 1.54) is 30.7 Å². The van der Waals surface area contributed by atoms with E-state index in [-0.39, 0.29) is 17.8 Å². The van der Waals surface area contributed by atoms with Gasteiger partial charge in [-0.1, -0.05) is 38.8 Å². The number of halogens is 1. The van der Waals surface area contributed by atoms with Gasteiger partial charge < -0.3 is 10.1 Å². The summed E-state index contributed by atoms with van der Waals surface area (Å²) in [4.78, 5) is 24.1. The van der Waals surface area contributed by atoms with Crippen LogP contribution in [0.4, 0.5) is 4.39 Å². The molecule has 1 aliphatic rings. The summed E-state index contributed by atoms with van der Waals surface area (Å²) in [5.41, 5.74) is 0.681. The van der Waals surface area contributed by atoms with E-state index in [1.54, 1.807) is 19.1 Å². The van der Waals surface area contributed by atoms with Gasteiger partial charge in [0, 0.05) is 12.1 Å². The van der Waals surface area contributed by atoms with Crippen LogP contribution in [0.2, 0.25) is 0 Å². The van der Waals surface area contributed by atoms with Crippen LogP contribution in [0.1, 0.15) is 45.6 Å². The van der Waals surface area contributed by atoms with Crippen molar-refractivity contribution >= 4 is 18.0 Å². The maximum Gasteiger partial charge on any atom is 0.331 e. The lowest BCUT2D eigenvalue weighted by Crippen LogP contribution is -2.47. The predicted molar refractivity (Wildman–Crippen MR) is 95.1 cm³/mol. The Morgan fingerprint density at radius 1 is 1.24 bits per heavy atom. The van der Waals surface area contributed by atoms with E-state index in [1.807, 2.05) is 0 Å². The van der Waals surface area contributed by atoms with Crippen LogP contribution in [0.5, 0.6) is 0 Å². The van der Waals surface area contributed by atoms with Crippen molar-refractivity contribution in [1.82, 2.24) is 5.32 Å². The molecule has 1 saturated carbocycles. The van der Waals surface area contributed by atoms with Gasteiger partial charge in [0.1, 0.15) is 5.82 Å². The van der Waals surface area contributed by atoms with Crippen LogP contribution in [-0.2, 0) is 14.3 Å². The largest absolute Gasteiger partial charge is 0.449 e. The molecule has 25 heavy (non-hydrogen) atoms. The minimum Gasteiger partial charge on any atom is -0.449 e. The lowest BCUT2D eigenvalue weighted by atomic mass is 9.78. The average Bonchev–Trinajstić information content (AvgIpc) is 2.58. The van der Waals surface area contributed by atoms with Gasteiger partial charge in [0.15, 0.2) is 6.10 Å². The lowest BCUT2D eigenvalue weighted by Gasteiger charge is -2.35. The van der Waals surface area contributed by atoms with Crippen LogP contribution in [0.15, 0.2) is 30.3 Å². The summed E-state index contributed by atoms with van der Waals surface area (Å²) in [5, 5.41) is 3.00. The third-order valence-electron chi connectivity index (χ3n) is 4.98. The molecule has 1 aromatic rings. The predicted octanol–water partition coefficient (Wildman–Crippen LogP) is 3.71. The first kappa shape index (κ1) is 19.2.